The van der Waals surface area contributed by atoms with E-state index in [4.69, 9.17) is 0 Å². The van der Waals surface area contributed by atoms with E-state index in [1.807, 2.05) is 18.7 Å². The van der Waals surface area contributed by atoms with E-state index in [9.17, 15) is 17.5 Å². The second kappa shape index (κ2) is 10.7. The third-order valence-electron chi connectivity index (χ3n) is 3.29. The first-order valence-corrected chi connectivity index (χ1v) is 9.86. The predicted molar refractivity (Wildman–Crippen MR) is 94.7 cm³/mol. The molecule has 7 nitrogen and oxygen atoms in total. The zero-order valence-electron chi connectivity index (χ0n) is 14.2. The minimum Gasteiger partial charge on any atom is -0.372 e. The molecule has 13 heteroatoms. The number of hydrogen-bond acceptors (Lipinski definition) is 8. The average Bonchev–Trinajstić information content (AvgIpc) is 3.15. The summed E-state index contributed by atoms with van der Waals surface area (Å²) in [6.45, 7) is 5.09. The predicted octanol–water partition coefficient (Wildman–Crippen LogP) is 5.54. The third-order valence-corrected chi connectivity index (χ3v) is 5.03. The van der Waals surface area contributed by atoms with Crippen molar-refractivity contribution >= 4 is 43.5 Å². The van der Waals surface area contributed by atoms with E-state index >= 15 is 0 Å². The molecule has 2 rings (SSSR count). The van der Waals surface area contributed by atoms with Crippen LogP contribution in [0.2, 0.25) is 0 Å². The molecule has 0 aliphatic carbocycles. The Bertz CT molecular complexity index is 870. The maximum atomic E-state index is 12.9. The van der Waals surface area contributed by atoms with Crippen molar-refractivity contribution in [2.45, 2.75) is 19.6 Å². The van der Waals surface area contributed by atoms with Gasteiger partial charge in [-0.05, 0) is 36.6 Å². The smallest absolute Gasteiger partial charge is 0.372 e. The number of rotatable bonds is 8. The van der Waals surface area contributed by atoms with E-state index in [1.54, 1.807) is 11.4 Å². The molecular formula is C14H16F3N5NiO2S2+2. The second-order valence-corrected chi connectivity index (χ2v) is 7.36. The van der Waals surface area contributed by atoms with Crippen molar-refractivity contribution in [3.05, 3.63) is 29.8 Å². The van der Waals surface area contributed by atoms with Gasteiger partial charge in [-0.1, -0.05) is 4.39 Å². The Morgan fingerprint density at radius 3 is 2.48 bits per heavy atom. The molecule has 0 amide bonds. The van der Waals surface area contributed by atoms with E-state index in [1.165, 1.54) is 29.7 Å². The van der Waals surface area contributed by atoms with E-state index in [-0.39, 0.29) is 27.9 Å². The summed E-state index contributed by atoms with van der Waals surface area (Å²) in [5.41, 5.74) is 0.427. The van der Waals surface area contributed by atoms with E-state index in [0.717, 1.165) is 0 Å². The molecule has 1 unspecified atom stereocenters. The molecule has 0 aliphatic heterocycles. The van der Waals surface area contributed by atoms with Gasteiger partial charge in [0.05, 0.1) is 0 Å². The van der Waals surface area contributed by atoms with Crippen molar-refractivity contribution in [1.82, 2.24) is 4.98 Å². The van der Waals surface area contributed by atoms with Crippen LogP contribution >= 0.6 is 11.3 Å². The Morgan fingerprint density at radius 2 is 1.96 bits per heavy atom. The topological polar surface area (TPSA) is 79.5 Å². The molecule has 1 atom stereocenters. The van der Waals surface area contributed by atoms with Gasteiger partial charge in [-0.3, -0.25) is 0 Å². The van der Waals surface area contributed by atoms with Crippen LogP contribution in [0.1, 0.15) is 13.8 Å². The Labute approximate surface area is 168 Å². The number of aromatic nitrogens is 1. The molecule has 0 aliphatic rings. The first kappa shape index (κ1) is 23.5. The molecule has 27 heavy (non-hydrogen) atoms. The molecule has 0 N–H and O–H groups in total. The summed E-state index contributed by atoms with van der Waals surface area (Å²) in [4.78, 5) is 5.81. The van der Waals surface area contributed by atoms with Gasteiger partial charge in [0, 0.05) is 30.4 Å². The largest absolute Gasteiger partial charge is 2.00 e. The molecule has 1 aromatic carbocycles. The summed E-state index contributed by atoms with van der Waals surface area (Å²) < 4.78 is 56.4. The van der Waals surface area contributed by atoms with Crippen molar-refractivity contribution in [1.29, 1.82) is 0 Å². The van der Waals surface area contributed by atoms with Crippen LogP contribution in [0.4, 0.5) is 35.5 Å². The third kappa shape index (κ3) is 5.96. The van der Waals surface area contributed by atoms with Crippen LogP contribution in [0.3, 0.4) is 0 Å². The summed E-state index contributed by atoms with van der Waals surface area (Å²) in [6, 6.07) is 4.53. The van der Waals surface area contributed by atoms with Crippen LogP contribution in [-0.2, 0) is 30.9 Å². The van der Waals surface area contributed by atoms with Gasteiger partial charge in [-0.2, -0.15) is 13.1 Å². The van der Waals surface area contributed by atoms with Gasteiger partial charge in [0.15, 0.2) is 0 Å². The van der Waals surface area contributed by atoms with Gasteiger partial charge in [-0.25, -0.2) is 9.19 Å². The van der Waals surface area contributed by atoms with Crippen LogP contribution in [0.25, 0.3) is 0 Å². The molecule has 0 spiro atoms. The van der Waals surface area contributed by atoms with E-state index < -0.39 is 15.8 Å². The number of anilines is 1. The van der Waals surface area contributed by atoms with Crippen molar-refractivity contribution < 1.29 is 38.4 Å². The van der Waals surface area contributed by atoms with Gasteiger partial charge in [-0.15, -0.1) is 21.6 Å². The minimum absolute atomic E-state index is 0. The van der Waals surface area contributed by atoms with Gasteiger partial charge >= 0.3 is 22.2 Å². The number of halogens is 3. The monoisotopic (exact) mass is 465 g/mol. The molecule has 2 aromatic rings. The standard InChI is InChI=1S/C14H16F3N5O2S2.Ni/c1-3-22(4-2)10-5-6-11(19-20-14-18-7-8-25-14)12(9-10)21-26(23,24-17)13(15)16;/h5-9,13H,3-4H2,1-2H3;/q;+2. The first-order chi connectivity index (χ1) is 12.4. The number of nitrogens with zero attached hydrogens (tertiary/aromatic N) is 5. The number of benzene rings is 1. The fourth-order valence-corrected chi connectivity index (χ4v) is 3.07. The van der Waals surface area contributed by atoms with Gasteiger partial charge in [0.1, 0.15) is 11.4 Å². The summed E-state index contributed by atoms with van der Waals surface area (Å²) in [6.07, 6.45) is 1.52. The molecule has 0 saturated carbocycles. The van der Waals surface area contributed by atoms with Crippen molar-refractivity contribution in [2.24, 2.45) is 14.6 Å². The number of azo groups is 1. The Hall–Kier alpha value is -1.56. The van der Waals surface area contributed by atoms with Crippen LogP contribution in [0.5, 0.6) is 0 Å². The zero-order valence-corrected chi connectivity index (χ0v) is 16.8. The molecule has 1 heterocycles. The van der Waals surface area contributed by atoms with E-state index in [2.05, 4.69) is 24.0 Å². The summed E-state index contributed by atoms with van der Waals surface area (Å²) in [5, 5.41) is 9.76. The molecule has 0 bridgehead atoms. The molecular weight excluding hydrogens is 450 g/mol. The number of hydrogen-bond donors (Lipinski definition) is 0. The Balaban J connectivity index is 0.00000364. The number of alkyl halides is 2. The number of thiazole rings is 1. The molecule has 1 aromatic heterocycles. The molecule has 0 saturated heterocycles. The quantitative estimate of drug-likeness (QED) is 0.378. The van der Waals surface area contributed by atoms with Gasteiger partial charge in [0.25, 0.3) is 10.0 Å². The first-order valence-electron chi connectivity index (χ1n) is 7.48. The van der Waals surface area contributed by atoms with E-state index in [0.29, 0.717) is 23.9 Å². The van der Waals surface area contributed by atoms with Crippen molar-refractivity contribution in [2.75, 3.05) is 18.0 Å². The van der Waals surface area contributed by atoms with Crippen LogP contribution in [0.15, 0.2) is 44.4 Å². The zero-order chi connectivity index (χ0) is 19.2. The summed E-state index contributed by atoms with van der Waals surface area (Å²) in [7, 11) is -4.86. The minimum atomic E-state index is -4.86. The second-order valence-electron chi connectivity index (χ2n) is 4.79. The van der Waals surface area contributed by atoms with Crippen molar-refractivity contribution in [3.8, 4) is 0 Å². The molecule has 0 radical (unpaired) electrons. The fourth-order valence-electron chi connectivity index (χ4n) is 2.04. The summed E-state index contributed by atoms with van der Waals surface area (Å²) in [5.74, 6) is -3.63. The van der Waals surface area contributed by atoms with Crippen LogP contribution in [-0.4, -0.2) is 28.0 Å². The average molecular weight is 466 g/mol. The summed E-state index contributed by atoms with van der Waals surface area (Å²) >= 11 is 1.21. The van der Waals surface area contributed by atoms with Crippen molar-refractivity contribution in [3.63, 3.8) is 0 Å². The molecule has 150 valence electrons. The van der Waals surface area contributed by atoms with Crippen LogP contribution in [0, 0.1) is 0 Å². The molecule has 0 fully saturated rings. The maximum Gasteiger partial charge on any atom is 2.00 e. The fraction of sp³-hybridized carbons (Fsp3) is 0.357. The van der Waals surface area contributed by atoms with Crippen LogP contribution < -0.4 is 4.90 Å². The Morgan fingerprint density at radius 1 is 1.26 bits per heavy atom. The maximum absolute atomic E-state index is 12.9. The SMILES string of the molecule is CCN(CC)c1ccc(N=Nc2nccs2)c(N=S(=O)(OF)C(F)F)c1.[Ni+2]. The normalized spacial score (nSPS) is 13.4. The van der Waals surface area contributed by atoms with Gasteiger partial charge < -0.3 is 4.90 Å². The Kier molecular flexibility index (Phi) is 9.30. The van der Waals surface area contributed by atoms with Gasteiger partial charge in [0.2, 0.25) is 5.13 Å².